The van der Waals surface area contributed by atoms with Crippen molar-refractivity contribution in [3.8, 4) is 11.8 Å². The van der Waals surface area contributed by atoms with Crippen LogP contribution in [0.15, 0.2) is 33.9 Å². The zero-order valence-corrected chi connectivity index (χ0v) is 23.0. The highest BCUT2D eigenvalue weighted by Gasteiger charge is 2.36. The summed E-state index contributed by atoms with van der Waals surface area (Å²) in [5.74, 6) is -0.674. The second kappa shape index (κ2) is 11.1. The third-order valence-electron chi connectivity index (χ3n) is 7.22. The third kappa shape index (κ3) is 5.00. The molecule has 1 N–H and O–H groups in total. The quantitative estimate of drug-likeness (QED) is 0.417. The number of para-hydroxylation sites is 1. The minimum atomic E-state index is -1.81. The fraction of sp³-hybridized carbons (Fsp3) is 0.500. The highest BCUT2D eigenvalue weighted by molar-refractivity contribution is 7.19. The topological polar surface area (TPSA) is 124 Å². The zero-order chi connectivity index (χ0) is 27.6. The number of nitriles is 1. The number of carboxylic acid groups (broad SMARTS) is 1. The van der Waals surface area contributed by atoms with Gasteiger partial charge in [0.15, 0.2) is 0 Å². The molecule has 10 heteroatoms. The molecule has 38 heavy (non-hydrogen) atoms. The molecule has 3 aromatic rings. The van der Waals surface area contributed by atoms with E-state index in [-0.39, 0.29) is 18.0 Å². The molecular formula is C28H33N3O6S. The lowest BCUT2D eigenvalue weighted by molar-refractivity contribution is -0.146. The van der Waals surface area contributed by atoms with E-state index in [0.29, 0.717) is 27.6 Å². The lowest BCUT2D eigenvalue weighted by atomic mass is 9.97. The summed E-state index contributed by atoms with van der Waals surface area (Å²) in [4.78, 5) is 40.3. The summed E-state index contributed by atoms with van der Waals surface area (Å²) in [5.41, 5.74) is -2.09. The van der Waals surface area contributed by atoms with Crippen molar-refractivity contribution in [3.05, 3.63) is 61.1 Å². The van der Waals surface area contributed by atoms with Crippen LogP contribution < -0.4 is 16.0 Å². The Hall–Kier alpha value is -3.42. The molecule has 0 bridgehead atoms. The van der Waals surface area contributed by atoms with E-state index in [2.05, 4.69) is 6.07 Å². The van der Waals surface area contributed by atoms with Crippen LogP contribution in [0.4, 0.5) is 0 Å². The third-order valence-corrected chi connectivity index (χ3v) is 8.44. The summed E-state index contributed by atoms with van der Waals surface area (Å²) in [5, 5.41) is 19.8. The number of carbonyl (C=O) groups is 1. The molecule has 1 aromatic carbocycles. The molecule has 0 aliphatic heterocycles. The lowest BCUT2D eigenvalue weighted by Crippen LogP contribution is -2.52. The highest BCUT2D eigenvalue weighted by Crippen LogP contribution is 2.35. The Morgan fingerprint density at radius 3 is 2.55 bits per heavy atom. The molecule has 1 saturated carbocycles. The number of nitrogens with zero attached hydrogens (tertiary/aromatic N) is 3. The van der Waals surface area contributed by atoms with Crippen molar-refractivity contribution in [1.29, 1.82) is 5.26 Å². The van der Waals surface area contributed by atoms with Crippen molar-refractivity contribution in [1.82, 2.24) is 9.13 Å². The largest absolute Gasteiger partial charge is 0.493 e. The number of rotatable bonds is 9. The van der Waals surface area contributed by atoms with E-state index < -0.39 is 28.9 Å². The van der Waals surface area contributed by atoms with Crippen molar-refractivity contribution in [3.63, 3.8) is 0 Å². The average Bonchev–Trinajstić information content (AvgIpc) is 3.23. The van der Waals surface area contributed by atoms with Gasteiger partial charge in [-0.05, 0) is 52.2 Å². The number of aryl methyl sites for hydroxylation is 1. The predicted molar refractivity (Wildman–Crippen MR) is 145 cm³/mol. The first-order valence-corrected chi connectivity index (χ1v) is 13.7. The van der Waals surface area contributed by atoms with Gasteiger partial charge in [0.2, 0.25) is 0 Å². The van der Waals surface area contributed by atoms with Gasteiger partial charge in [-0.15, -0.1) is 11.3 Å². The van der Waals surface area contributed by atoms with Crippen molar-refractivity contribution in [2.24, 2.45) is 0 Å². The number of aromatic nitrogens is 2. The monoisotopic (exact) mass is 539 g/mol. The van der Waals surface area contributed by atoms with Gasteiger partial charge in [-0.25, -0.2) is 14.2 Å². The van der Waals surface area contributed by atoms with E-state index in [1.54, 1.807) is 6.92 Å². The molecule has 0 amide bonds. The molecular weight excluding hydrogens is 506 g/mol. The van der Waals surface area contributed by atoms with Crippen molar-refractivity contribution in [2.45, 2.75) is 84.1 Å². The molecule has 1 aliphatic rings. The highest BCUT2D eigenvalue weighted by atomic mass is 32.1. The minimum absolute atomic E-state index is 0.00395. The van der Waals surface area contributed by atoms with Crippen LogP contribution in [0.3, 0.4) is 0 Å². The molecule has 0 radical (unpaired) electrons. The van der Waals surface area contributed by atoms with Crippen molar-refractivity contribution < 1.29 is 19.4 Å². The maximum absolute atomic E-state index is 13.9. The summed E-state index contributed by atoms with van der Waals surface area (Å²) in [6.07, 6.45) is 4.47. The van der Waals surface area contributed by atoms with Crippen LogP contribution in [0.25, 0.3) is 10.2 Å². The van der Waals surface area contributed by atoms with Gasteiger partial charge in [-0.1, -0.05) is 37.5 Å². The van der Waals surface area contributed by atoms with Crippen LogP contribution in [0.2, 0.25) is 0 Å². The number of hydrogen-bond acceptors (Lipinski definition) is 7. The number of benzene rings is 1. The average molecular weight is 540 g/mol. The molecule has 4 rings (SSSR count). The number of ether oxygens (including phenoxy) is 2. The van der Waals surface area contributed by atoms with Crippen LogP contribution in [0.1, 0.15) is 75.0 Å². The fourth-order valence-corrected chi connectivity index (χ4v) is 6.15. The number of hydrogen-bond donors (Lipinski definition) is 1. The summed E-state index contributed by atoms with van der Waals surface area (Å²) in [7, 11) is 0. The Labute approximate surface area is 224 Å². The SMILES string of the molecule is CCOc1ccccc1C(Cn1c(=O)n(C(C)(C)C(=O)O)c(=O)c2c(C)c(C#N)sc21)OC1CCCCC1. The zero-order valence-electron chi connectivity index (χ0n) is 22.2. The summed E-state index contributed by atoms with van der Waals surface area (Å²) in [6, 6.07) is 9.61. The summed E-state index contributed by atoms with van der Waals surface area (Å²) >= 11 is 1.06. The first-order chi connectivity index (χ1) is 18.1. The summed E-state index contributed by atoms with van der Waals surface area (Å²) in [6.45, 7) is 6.65. The van der Waals surface area contributed by atoms with Crippen molar-refractivity contribution >= 4 is 27.5 Å². The first-order valence-electron chi connectivity index (χ1n) is 12.9. The molecule has 1 unspecified atom stereocenters. The molecule has 1 atom stereocenters. The number of thiophene rings is 1. The fourth-order valence-electron chi connectivity index (χ4n) is 5.05. The van der Waals surface area contributed by atoms with E-state index in [1.165, 1.54) is 18.4 Å². The summed E-state index contributed by atoms with van der Waals surface area (Å²) < 4.78 is 14.7. The van der Waals surface area contributed by atoms with Gasteiger partial charge in [-0.3, -0.25) is 9.36 Å². The van der Waals surface area contributed by atoms with E-state index >= 15 is 0 Å². The van der Waals surface area contributed by atoms with E-state index in [4.69, 9.17) is 9.47 Å². The lowest BCUT2D eigenvalue weighted by Gasteiger charge is -2.30. The Bertz CT molecular complexity index is 1500. The Kier molecular flexibility index (Phi) is 8.09. The smallest absolute Gasteiger partial charge is 0.333 e. The van der Waals surface area contributed by atoms with Crippen LogP contribution in [-0.2, 0) is 21.6 Å². The van der Waals surface area contributed by atoms with Crippen LogP contribution >= 0.6 is 11.3 Å². The van der Waals surface area contributed by atoms with Gasteiger partial charge in [0, 0.05) is 5.56 Å². The van der Waals surface area contributed by atoms with E-state index in [9.17, 15) is 24.8 Å². The number of carboxylic acids is 1. The molecule has 2 aromatic heterocycles. The van der Waals surface area contributed by atoms with Gasteiger partial charge >= 0.3 is 11.7 Å². The normalized spacial score (nSPS) is 15.3. The van der Waals surface area contributed by atoms with Crippen LogP contribution in [-0.4, -0.2) is 32.9 Å². The van der Waals surface area contributed by atoms with E-state index in [1.807, 2.05) is 31.2 Å². The van der Waals surface area contributed by atoms with Crippen LogP contribution in [0, 0.1) is 18.3 Å². The molecule has 0 spiro atoms. The second-order valence-corrected chi connectivity index (χ2v) is 11.1. The Morgan fingerprint density at radius 2 is 1.92 bits per heavy atom. The molecule has 202 valence electrons. The van der Waals surface area contributed by atoms with Gasteiger partial charge in [0.1, 0.15) is 33.2 Å². The maximum atomic E-state index is 13.9. The Balaban J connectivity index is 1.96. The van der Waals surface area contributed by atoms with Crippen LogP contribution in [0.5, 0.6) is 5.75 Å². The first kappa shape index (κ1) is 27.6. The molecule has 0 saturated heterocycles. The van der Waals surface area contributed by atoms with Gasteiger partial charge in [0.05, 0.1) is 24.6 Å². The van der Waals surface area contributed by atoms with Gasteiger partial charge in [0.25, 0.3) is 5.56 Å². The van der Waals surface area contributed by atoms with Crippen molar-refractivity contribution in [2.75, 3.05) is 6.61 Å². The number of fused-ring (bicyclic) bond motifs is 1. The maximum Gasteiger partial charge on any atom is 0.333 e. The minimum Gasteiger partial charge on any atom is -0.493 e. The molecule has 1 fully saturated rings. The Morgan fingerprint density at radius 1 is 1.24 bits per heavy atom. The predicted octanol–water partition coefficient (Wildman–Crippen LogP) is 4.71. The second-order valence-electron chi connectivity index (χ2n) is 10.1. The van der Waals surface area contributed by atoms with E-state index in [0.717, 1.165) is 53.6 Å². The standard InChI is InChI=1S/C28H33N3O6S/c1-5-36-20-14-10-9-13-19(20)21(37-18-11-7-6-8-12-18)16-30-25-23(17(2)22(15-29)38-25)24(32)31(27(30)35)28(3,4)26(33)34/h9-10,13-14,18,21H,5-8,11-12,16H2,1-4H3,(H,33,34). The van der Waals surface area contributed by atoms with Gasteiger partial charge in [-0.2, -0.15) is 5.26 Å². The molecule has 9 nitrogen and oxygen atoms in total. The molecule has 1 aliphatic carbocycles. The number of aliphatic carboxylic acids is 1. The molecule has 2 heterocycles. The van der Waals surface area contributed by atoms with Gasteiger partial charge < -0.3 is 14.6 Å².